The number of nitrogens with one attached hydrogen (secondary N) is 1. The number of hydrogen-bond acceptors (Lipinski definition) is 8. The molecule has 0 saturated carbocycles. The van der Waals surface area contributed by atoms with E-state index in [-0.39, 0.29) is 61.8 Å². The maximum absolute atomic E-state index is 14.0. The fourth-order valence-corrected chi connectivity index (χ4v) is 6.16. The van der Waals surface area contributed by atoms with Gasteiger partial charge in [0.05, 0.1) is 25.0 Å². The molecule has 1 aliphatic rings. The fourth-order valence-electron chi connectivity index (χ4n) is 6.16. The smallest absolute Gasteiger partial charge is 0.306 e. The second kappa shape index (κ2) is 18.8. The number of rotatable bonds is 18. The molecule has 1 N–H and O–H groups in total. The number of nitrogens with zero attached hydrogens (tertiary/aromatic N) is 2. The number of amides is 3. The number of carbonyl (C=O) groups excluding carboxylic acids is 7. The molecule has 272 valence electrons. The summed E-state index contributed by atoms with van der Waals surface area (Å²) in [4.78, 5) is 95.5. The number of ether oxygens (including phenoxy) is 1. The van der Waals surface area contributed by atoms with Crippen LogP contribution in [0.15, 0.2) is 30.3 Å². The monoisotopic (exact) mass is 683 g/mol. The van der Waals surface area contributed by atoms with Crippen molar-refractivity contribution >= 4 is 41.0 Å². The highest BCUT2D eigenvalue weighted by atomic mass is 16.5. The fraction of sp³-hybridized carbons (Fsp3) is 0.658. The first-order chi connectivity index (χ1) is 22.9. The summed E-state index contributed by atoms with van der Waals surface area (Å²) in [5, 5.41) is 2.68. The second-order valence-corrected chi connectivity index (χ2v) is 15.0. The second-order valence-electron chi connectivity index (χ2n) is 15.0. The number of benzene rings is 1. The van der Waals surface area contributed by atoms with Crippen molar-refractivity contribution in [3.8, 4) is 0 Å². The predicted octanol–water partition coefficient (Wildman–Crippen LogP) is 4.86. The first-order valence-corrected chi connectivity index (χ1v) is 17.5. The van der Waals surface area contributed by atoms with Gasteiger partial charge in [-0.05, 0) is 43.1 Å². The highest BCUT2D eigenvalue weighted by Crippen LogP contribution is 2.36. The number of hydrogen-bond donors (Lipinski definition) is 1. The minimum atomic E-state index is -0.942. The molecule has 1 heterocycles. The van der Waals surface area contributed by atoms with E-state index in [1.807, 2.05) is 48.5 Å². The van der Waals surface area contributed by atoms with E-state index in [1.165, 1.54) is 4.90 Å². The molecule has 0 aromatic heterocycles. The van der Waals surface area contributed by atoms with Gasteiger partial charge < -0.3 is 19.9 Å². The van der Waals surface area contributed by atoms with E-state index in [2.05, 4.69) is 5.32 Å². The number of likely N-dealkylation sites (tertiary alicyclic amines) is 1. The number of esters is 1. The standard InChI is InChI=1S/C38H57N3O8/c1-10-14-27(35(46)30(42)19-20-32(44)39-34(37(48)40(8)9)26-15-12-11-13-16-26)21-31(43)29-18-17-25(4)41(29)36(47)28(38(5,6)7)22-33(45)49-23-24(2)3/h11-13,15-16,24-25,27-29,34H,10,14,17-23H2,1-9H3,(H,39,44)/t25-,27?,28+,29-,34-/m0/s1. The van der Waals surface area contributed by atoms with E-state index in [0.29, 0.717) is 31.2 Å². The van der Waals surface area contributed by atoms with E-state index >= 15 is 0 Å². The lowest BCUT2D eigenvalue weighted by atomic mass is 9.77. The lowest BCUT2D eigenvalue weighted by molar-refractivity contribution is -0.154. The van der Waals surface area contributed by atoms with Gasteiger partial charge in [0.1, 0.15) is 6.04 Å². The quantitative estimate of drug-likeness (QED) is 0.171. The average molecular weight is 684 g/mol. The molecule has 1 saturated heterocycles. The first-order valence-electron chi connectivity index (χ1n) is 17.5. The molecule has 1 aromatic carbocycles. The van der Waals surface area contributed by atoms with E-state index in [1.54, 1.807) is 49.3 Å². The molecule has 1 unspecified atom stereocenters. The third kappa shape index (κ3) is 12.2. The summed E-state index contributed by atoms with van der Waals surface area (Å²) in [5.74, 6) is -4.83. The van der Waals surface area contributed by atoms with Crippen LogP contribution in [0.3, 0.4) is 0 Å². The minimum Gasteiger partial charge on any atom is -0.465 e. The highest BCUT2D eigenvalue weighted by molar-refractivity contribution is 6.38. The summed E-state index contributed by atoms with van der Waals surface area (Å²) in [5.41, 5.74) is 0.0107. The number of Topliss-reactive ketones (excluding diaryl/α,β-unsaturated/α-hetero) is 3. The van der Waals surface area contributed by atoms with E-state index in [9.17, 15) is 33.6 Å². The molecular weight excluding hydrogens is 626 g/mol. The molecule has 1 fully saturated rings. The SMILES string of the molecule is CCCC(CC(=O)[C@@H]1CC[C@H](C)N1C(=O)[C@@H](CC(=O)OCC(C)C)C(C)(C)C)C(=O)C(=O)CCC(=O)N[C@H](C(=O)N(C)C)c1ccccc1. The normalized spacial score (nSPS) is 18.0. The Kier molecular flexibility index (Phi) is 15.8. The molecule has 49 heavy (non-hydrogen) atoms. The van der Waals surface area contributed by atoms with Crippen LogP contribution in [0.1, 0.15) is 111 Å². The molecule has 0 radical (unpaired) electrons. The molecule has 1 aliphatic heterocycles. The summed E-state index contributed by atoms with van der Waals surface area (Å²) in [6, 6.07) is 6.80. The van der Waals surface area contributed by atoms with E-state index < -0.39 is 52.8 Å². The molecule has 1 aromatic rings. The van der Waals surface area contributed by atoms with Crippen LogP contribution >= 0.6 is 0 Å². The Morgan fingerprint density at radius 3 is 2.14 bits per heavy atom. The third-order valence-electron chi connectivity index (χ3n) is 9.02. The van der Waals surface area contributed by atoms with Crippen molar-refractivity contribution in [2.75, 3.05) is 20.7 Å². The Hall–Kier alpha value is -3.89. The van der Waals surface area contributed by atoms with Gasteiger partial charge in [0.2, 0.25) is 23.5 Å². The van der Waals surface area contributed by atoms with Crippen molar-refractivity contribution in [2.24, 2.45) is 23.2 Å². The van der Waals surface area contributed by atoms with Crippen LogP contribution < -0.4 is 5.32 Å². The van der Waals surface area contributed by atoms with Crippen LogP contribution in [-0.2, 0) is 38.3 Å². The molecule has 5 atom stereocenters. The lowest BCUT2D eigenvalue weighted by Crippen LogP contribution is -2.50. The van der Waals surface area contributed by atoms with E-state index in [0.717, 1.165) is 0 Å². The van der Waals surface area contributed by atoms with Gasteiger partial charge in [-0.25, -0.2) is 0 Å². The summed E-state index contributed by atoms with van der Waals surface area (Å²) in [6.07, 6.45) is 0.923. The Morgan fingerprint density at radius 1 is 0.959 bits per heavy atom. The number of ketones is 3. The minimum absolute atomic E-state index is 0.104. The van der Waals surface area contributed by atoms with Crippen LogP contribution in [0, 0.1) is 23.2 Å². The highest BCUT2D eigenvalue weighted by Gasteiger charge is 2.45. The maximum Gasteiger partial charge on any atom is 0.306 e. The van der Waals surface area contributed by atoms with Gasteiger partial charge >= 0.3 is 5.97 Å². The van der Waals surface area contributed by atoms with Gasteiger partial charge in [0, 0.05) is 45.3 Å². The van der Waals surface area contributed by atoms with Crippen molar-refractivity contribution in [2.45, 2.75) is 118 Å². The summed E-state index contributed by atoms with van der Waals surface area (Å²) < 4.78 is 5.38. The Labute approximate surface area is 291 Å². The predicted molar refractivity (Wildman–Crippen MR) is 186 cm³/mol. The molecule has 11 nitrogen and oxygen atoms in total. The van der Waals surface area contributed by atoms with Gasteiger partial charge in [-0.3, -0.25) is 33.6 Å². The van der Waals surface area contributed by atoms with Crippen molar-refractivity contribution in [3.63, 3.8) is 0 Å². The maximum atomic E-state index is 14.0. The third-order valence-corrected chi connectivity index (χ3v) is 9.02. The first kappa shape index (κ1) is 41.3. The summed E-state index contributed by atoms with van der Waals surface area (Å²) in [6.45, 7) is 13.5. The van der Waals surface area contributed by atoms with Gasteiger partial charge in [-0.15, -0.1) is 0 Å². The van der Waals surface area contributed by atoms with Crippen LogP contribution in [0.25, 0.3) is 0 Å². The summed E-state index contributed by atoms with van der Waals surface area (Å²) in [7, 11) is 3.16. The molecular formula is C38H57N3O8. The molecule has 0 bridgehead atoms. The van der Waals surface area contributed by atoms with Gasteiger partial charge in [0.15, 0.2) is 11.6 Å². The van der Waals surface area contributed by atoms with Crippen LogP contribution in [0.4, 0.5) is 0 Å². The Morgan fingerprint density at radius 2 is 1.59 bits per heavy atom. The molecule has 3 amide bonds. The van der Waals surface area contributed by atoms with Crippen molar-refractivity contribution in [3.05, 3.63) is 35.9 Å². The van der Waals surface area contributed by atoms with Gasteiger partial charge in [-0.1, -0.05) is 78.3 Å². The summed E-state index contributed by atoms with van der Waals surface area (Å²) >= 11 is 0. The topological polar surface area (TPSA) is 147 Å². The number of likely N-dealkylation sites (N-methyl/N-ethyl adjacent to an activating group) is 1. The van der Waals surface area contributed by atoms with Crippen LogP contribution in [-0.4, -0.2) is 83.6 Å². The number of carbonyl (C=O) groups is 7. The Balaban J connectivity index is 2.12. The zero-order chi connectivity index (χ0) is 37.1. The average Bonchev–Trinajstić information content (AvgIpc) is 3.43. The van der Waals surface area contributed by atoms with Crippen molar-refractivity contribution in [1.29, 1.82) is 0 Å². The van der Waals surface area contributed by atoms with Crippen molar-refractivity contribution < 1.29 is 38.3 Å². The van der Waals surface area contributed by atoms with Crippen molar-refractivity contribution in [1.82, 2.24) is 15.1 Å². The molecule has 0 aliphatic carbocycles. The van der Waals surface area contributed by atoms with Crippen LogP contribution in [0.2, 0.25) is 0 Å². The zero-order valence-corrected chi connectivity index (χ0v) is 30.9. The molecule has 0 spiro atoms. The Bertz CT molecular complexity index is 1330. The zero-order valence-electron chi connectivity index (χ0n) is 30.9. The van der Waals surface area contributed by atoms with Gasteiger partial charge in [-0.2, -0.15) is 0 Å². The van der Waals surface area contributed by atoms with Crippen LogP contribution in [0.5, 0.6) is 0 Å². The van der Waals surface area contributed by atoms with E-state index in [4.69, 9.17) is 4.74 Å². The lowest BCUT2D eigenvalue weighted by Gasteiger charge is -2.37. The van der Waals surface area contributed by atoms with Gasteiger partial charge in [0.25, 0.3) is 0 Å². The molecule has 11 heteroatoms. The molecule has 2 rings (SSSR count). The largest absolute Gasteiger partial charge is 0.465 e.